The van der Waals surface area contributed by atoms with E-state index in [4.69, 9.17) is 5.11 Å². The van der Waals surface area contributed by atoms with Crippen LogP contribution in [0, 0.1) is 0 Å². The Balaban J connectivity index is 2.10. The largest absolute Gasteiger partial charge is 0.396 e. The summed E-state index contributed by atoms with van der Waals surface area (Å²) in [6.45, 7) is 1.02. The normalized spacial score (nSPS) is 10.2. The summed E-state index contributed by atoms with van der Waals surface area (Å²) in [5, 5.41) is 8.97. The van der Waals surface area contributed by atoms with E-state index in [0.29, 0.717) is 13.1 Å². The molecule has 2 aromatic carbocycles. The maximum atomic E-state index is 12.1. The number of aliphatic hydroxyl groups excluding tert-OH is 1. The first-order valence-corrected chi connectivity index (χ1v) is 6.76. The van der Waals surface area contributed by atoms with E-state index in [2.05, 4.69) is 0 Å². The fraction of sp³-hybridized carbons (Fsp3) is 0.235. The first-order chi connectivity index (χ1) is 9.79. The topological polar surface area (TPSA) is 40.5 Å². The number of aliphatic hydroxyl groups is 1. The van der Waals surface area contributed by atoms with Gasteiger partial charge in [0.15, 0.2) is 0 Å². The number of rotatable bonds is 6. The minimum Gasteiger partial charge on any atom is -0.396 e. The zero-order valence-electron chi connectivity index (χ0n) is 11.4. The summed E-state index contributed by atoms with van der Waals surface area (Å²) < 4.78 is 0. The number of hydrogen-bond donors (Lipinski definition) is 1. The van der Waals surface area contributed by atoms with E-state index in [1.807, 2.05) is 60.7 Å². The van der Waals surface area contributed by atoms with Crippen LogP contribution in [0.15, 0.2) is 60.7 Å². The van der Waals surface area contributed by atoms with Gasteiger partial charge < -0.3 is 10.0 Å². The molecule has 2 aromatic rings. The van der Waals surface area contributed by atoms with Crippen LogP contribution in [0.3, 0.4) is 0 Å². The highest BCUT2D eigenvalue weighted by atomic mass is 16.3. The Labute approximate surface area is 119 Å². The average molecular weight is 269 g/mol. The van der Waals surface area contributed by atoms with Crippen molar-refractivity contribution in [3.8, 4) is 0 Å². The molecule has 3 nitrogen and oxygen atoms in total. The van der Waals surface area contributed by atoms with Gasteiger partial charge in [0.2, 0.25) is 5.91 Å². The lowest BCUT2D eigenvalue weighted by atomic mass is 10.1. The molecule has 0 radical (unpaired) electrons. The molecule has 0 unspecified atom stereocenters. The molecule has 0 fully saturated rings. The van der Waals surface area contributed by atoms with Crippen molar-refractivity contribution in [1.29, 1.82) is 0 Å². The standard InChI is InChI=1S/C17H19NO2/c19-12-11-17(20)18(13-15-7-3-1-4-8-15)14-16-9-5-2-6-10-16/h1-10,19H,11-14H2. The molecular formula is C17H19NO2. The number of carbonyl (C=O) groups is 1. The molecule has 0 atom stereocenters. The second-order valence-electron chi connectivity index (χ2n) is 4.69. The molecule has 0 saturated heterocycles. The molecule has 0 bridgehead atoms. The second-order valence-corrected chi connectivity index (χ2v) is 4.69. The fourth-order valence-corrected chi connectivity index (χ4v) is 2.09. The maximum Gasteiger partial charge on any atom is 0.225 e. The molecule has 1 amide bonds. The van der Waals surface area contributed by atoms with Gasteiger partial charge in [-0.15, -0.1) is 0 Å². The van der Waals surface area contributed by atoms with Crippen LogP contribution in [0.2, 0.25) is 0 Å². The summed E-state index contributed by atoms with van der Waals surface area (Å²) in [7, 11) is 0. The molecule has 1 N–H and O–H groups in total. The Bertz CT molecular complexity index is 484. The van der Waals surface area contributed by atoms with Gasteiger partial charge >= 0.3 is 0 Å². The SMILES string of the molecule is O=C(CCO)N(Cc1ccccc1)Cc1ccccc1. The molecule has 0 aromatic heterocycles. The Morgan fingerprint density at radius 2 is 1.30 bits per heavy atom. The van der Waals surface area contributed by atoms with Crippen molar-refractivity contribution < 1.29 is 9.90 Å². The number of benzene rings is 2. The Morgan fingerprint density at radius 3 is 1.70 bits per heavy atom. The third kappa shape index (κ3) is 4.21. The van der Waals surface area contributed by atoms with Crippen molar-refractivity contribution in [3.05, 3.63) is 71.8 Å². The van der Waals surface area contributed by atoms with Crippen LogP contribution in [0.25, 0.3) is 0 Å². The van der Waals surface area contributed by atoms with Crippen molar-refractivity contribution in [3.63, 3.8) is 0 Å². The van der Waals surface area contributed by atoms with E-state index in [1.54, 1.807) is 4.90 Å². The molecule has 0 aliphatic rings. The first kappa shape index (κ1) is 14.3. The van der Waals surface area contributed by atoms with Crippen molar-refractivity contribution in [2.24, 2.45) is 0 Å². The zero-order valence-corrected chi connectivity index (χ0v) is 11.4. The summed E-state index contributed by atoms with van der Waals surface area (Å²) >= 11 is 0. The third-order valence-corrected chi connectivity index (χ3v) is 3.11. The molecule has 0 spiro atoms. The van der Waals surface area contributed by atoms with E-state index in [0.717, 1.165) is 11.1 Å². The summed E-state index contributed by atoms with van der Waals surface area (Å²) in [6.07, 6.45) is 0.166. The third-order valence-electron chi connectivity index (χ3n) is 3.11. The van der Waals surface area contributed by atoms with Crippen LogP contribution in [-0.4, -0.2) is 22.5 Å². The fourth-order valence-electron chi connectivity index (χ4n) is 2.09. The molecule has 0 aliphatic heterocycles. The van der Waals surface area contributed by atoms with Crippen molar-refractivity contribution in [2.75, 3.05) is 6.61 Å². The lowest BCUT2D eigenvalue weighted by molar-refractivity contribution is -0.133. The van der Waals surface area contributed by atoms with Crippen LogP contribution in [0.5, 0.6) is 0 Å². The highest BCUT2D eigenvalue weighted by Gasteiger charge is 2.13. The predicted octanol–water partition coefficient (Wildman–Crippen LogP) is 2.60. The predicted molar refractivity (Wildman–Crippen MR) is 78.8 cm³/mol. The van der Waals surface area contributed by atoms with E-state index < -0.39 is 0 Å². The van der Waals surface area contributed by atoms with Gasteiger partial charge in [-0.1, -0.05) is 60.7 Å². The quantitative estimate of drug-likeness (QED) is 0.875. The lowest BCUT2D eigenvalue weighted by Gasteiger charge is -2.23. The number of hydrogen-bond acceptors (Lipinski definition) is 2. The van der Waals surface area contributed by atoms with Gasteiger partial charge in [0.25, 0.3) is 0 Å². The Hall–Kier alpha value is -2.13. The Morgan fingerprint density at radius 1 is 0.850 bits per heavy atom. The molecule has 20 heavy (non-hydrogen) atoms. The maximum absolute atomic E-state index is 12.1. The lowest BCUT2D eigenvalue weighted by Crippen LogP contribution is -2.30. The van der Waals surface area contributed by atoms with Crippen molar-refractivity contribution in [2.45, 2.75) is 19.5 Å². The van der Waals surface area contributed by atoms with Gasteiger partial charge in [-0.3, -0.25) is 4.79 Å². The monoisotopic (exact) mass is 269 g/mol. The zero-order chi connectivity index (χ0) is 14.2. The summed E-state index contributed by atoms with van der Waals surface area (Å²) in [5.41, 5.74) is 2.18. The van der Waals surface area contributed by atoms with Crippen LogP contribution in [-0.2, 0) is 17.9 Å². The number of amides is 1. The highest BCUT2D eigenvalue weighted by Crippen LogP contribution is 2.11. The van der Waals surface area contributed by atoms with E-state index in [9.17, 15) is 4.79 Å². The van der Waals surface area contributed by atoms with Crippen LogP contribution in [0.1, 0.15) is 17.5 Å². The minimum absolute atomic E-state index is 0.0276. The molecule has 3 heteroatoms. The molecule has 0 aliphatic carbocycles. The Kier molecular flexibility index (Phi) is 5.33. The van der Waals surface area contributed by atoms with Crippen molar-refractivity contribution >= 4 is 5.91 Å². The molecular weight excluding hydrogens is 250 g/mol. The molecule has 0 saturated carbocycles. The number of carbonyl (C=O) groups excluding carboxylic acids is 1. The van der Waals surface area contributed by atoms with Gasteiger partial charge in [-0.05, 0) is 11.1 Å². The van der Waals surface area contributed by atoms with Crippen LogP contribution >= 0.6 is 0 Å². The number of nitrogens with zero attached hydrogens (tertiary/aromatic N) is 1. The van der Waals surface area contributed by atoms with Gasteiger partial charge in [-0.2, -0.15) is 0 Å². The molecule has 0 heterocycles. The average Bonchev–Trinajstić information content (AvgIpc) is 2.49. The van der Waals surface area contributed by atoms with Gasteiger partial charge in [0, 0.05) is 19.5 Å². The highest BCUT2D eigenvalue weighted by molar-refractivity contribution is 5.76. The van der Waals surface area contributed by atoms with Gasteiger partial charge in [0.1, 0.15) is 0 Å². The minimum atomic E-state index is -0.112. The van der Waals surface area contributed by atoms with Crippen LogP contribution < -0.4 is 0 Å². The summed E-state index contributed by atoms with van der Waals surface area (Å²) in [5.74, 6) is -0.0276. The van der Waals surface area contributed by atoms with E-state index >= 15 is 0 Å². The van der Waals surface area contributed by atoms with Crippen LogP contribution in [0.4, 0.5) is 0 Å². The summed E-state index contributed by atoms with van der Waals surface area (Å²) in [4.78, 5) is 13.9. The smallest absolute Gasteiger partial charge is 0.225 e. The molecule has 104 valence electrons. The van der Waals surface area contributed by atoms with E-state index in [-0.39, 0.29) is 18.9 Å². The van der Waals surface area contributed by atoms with E-state index in [1.165, 1.54) is 0 Å². The van der Waals surface area contributed by atoms with Gasteiger partial charge in [0.05, 0.1) is 6.61 Å². The van der Waals surface area contributed by atoms with Gasteiger partial charge in [-0.25, -0.2) is 0 Å². The molecule has 2 rings (SSSR count). The summed E-state index contributed by atoms with van der Waals surface area (Å²) in [6, 6.07) is 19.8. The first-order valence-electron chi connectivity index (χ1n) is 6.76. The second kappa shape index (κ2) is 7.46. The van der Waals surface area contributed by atoms with Crippen molar-refractivity contribution in [1.82, 2.24) is 4.90 Å².